The van der Waals surface area contributed by atoms with Crippen LogP contribution in [0.1, 0.15) is 11.3 Å². The van der Waals surface area contributed by atoms with E-state index in [1.165, 1.54) is 0 Å². The number of pyridine rings is 1. The van der Waals surface area contributed by atoms with Crippen LogP contribution in [0.4, 0.5) is 0 Å². The number of hydrogen-bond acceptors (Lipinski definition) is 4. The van der Waals surface area contributed by atoms with Crippen molar-refractivity contribution >= 4 is 5.91 Å². The molecule has 17 heavy (non-hydrogen) atoms. The molecule has 2 rings (SSSR count). The maximum Gasteiger partial charge on any atom is 0.248 e. The summed E-state index contributed by atoms with van der Waals surface area (Å²) in [7, 11) is 0. The number of ether oxygens (including phenoxy) is 1. The largest absolute Gasteiger partial charge is 0.370 e. The van der Waals surface area contributed by atoms with Gasteiger partial charge in [-0.1, -0.05) is 6.07 Å². The number of aromatic nitrogens is 1. The zero-order chi connectivity index (χ0) is 12.1. The Hall–Kier alpha value is -1.46. The molecule has 2 heterocycles. The van der Waals surface area contributed by atoms with Gasteiger partial charge in [-0.2, -0.15) is 0 Å². The summed E-state index contributed by atoms with van der Waals surface area (Å²) in [6.07, 6.45) is 2.61. The van der Waals surface area contributed by atoms with Gasteiger partial charge in [0.05, 0.1) is 6.61 Å². The third-order valence-corrected chi connectivity index (χ3v) is 2.80. The van der Waals surface area contributed by atoms with E-state index in [4.69, 9.17) is 10.5 Å². The predicted octanol–water partition coefficient (Wildman–Crippen LogP) is -0.0584. The van der Waals surface area contributed by atoms with Gasteiger partial charge in [0.1, 0.15) is 6.61 Å². The lowest BCUT2D eigenvalue weighted by atomic mass is 10.1. The second-order valence-corrected chi connectivity index (χ2v) is 4.02. The van der Waals surface area contributed by atoms with E-state index in [0.717, 1.165) is 24.2 Å². The van der Waals surface area contributed by atoms with Crippen LogP contribution in [0.5, 0.6) is 0 Å². The maximum atomic E-state index is 11.8. The monoisotopic (exact) mass is 235 g/mol. The first-order valence-electron chi connectivity index (χ1n) is 5.79. The fourth-order valence-electron chi connectivity index (χ4n) is 1.91. The van der Waals surface area contributed by atoms with Gasteiger partial charge in [0.2, 0.25) is 5.91 Å². The Morgan fingerprint density at radius 3 is 3.29 bits per heavy atom. The van der Waals surface area contributed by atoms with Gasteiger partial charge in [-0.3, -0.25) is 9.78 Å². The van der Waals surface area contributed by atoms with E-state index in [1.54, 1.807) is 11.1 Å². The van der Waals surface area contributed by atoms with Crippen LogP contribution >= 0.6 is 0 Å². The minimum atomic E-state index is 0.0213. The number of carbonyl (C=O) groups is 1. The highest BCUT2D eigenvalue weighted by Gasteiger charge is 2.20. The summed E-state index contributed by atoms with van der Waals surface area (Å²) in [5.41, 5.74) is 7.53. The molecule has 0 fully saturated rings. The van der Waals surface area contributed by atoms with Crippen molar-refractivity contribution in [3.8, 4) is 0 Å². The van der Waals surface area contributed by atoms with Crippen molar-refractivity contribution in [1.29, 1.82) is 0 Å². The Morgan fingerprint density at radius 1 is 1.59 bits per heavy atom. The molecule has 0 aliphatic carbocycles. The van der Waals surface area contributed by atoms with Crippen LogP contribution in [0.25, 0.3) is 0 Å². The van der Waals surface area contributed by atoms with E-state index in [1.807, 2.05) is 12.1 Å². The summed E-state index contributed by atoms with van der Waals surface area (Å²) in [5.74, 6) is 0.0213. The molecule has 1 aliphatic heterocycles. The quantitative estimate of drug-likeness (QED) is 0.742. The summed E-state index contributed by atoms with van der Waals surface area (Å²) in [4.78, 5) is 17.9. The summed E-state index contributed by atoms with van der Waals surface area (Å²) in [5, 5.41) is 0. The summed E-state index contributed by atoms with van der Waals surface area (Å²) in [6.45, 7) is 2.34. The molecule has 1 amide bonds. The van der Waals surface area contributed by atoms with E-state index < -0.39 is 0 Å². The smallest absolute Gasteiger partial charge is 0.248 e. The Bertz CT molecular complexity index is 395. The molecule has 5 heteroatoms. The first-order chi connectivity index (χ1) is 8.31. The van der Waals surface area contributed by atoms with E-state index >= 15 is 0 Å². The molecule has 1 aliphatic rings. The standard InChI is InChI=1S/C12H17N3O2/c13-4-7-17-9-12(16)15-6-3-11-10(8-15)2-1-5-14-11/h1-2,5H,3-4,6-9,13H2. The molecular formula is C12H17N3O2. The lowest BCUT2D eigenvalue weighted by molar-refractivity contribution is -0.137. The molecular weight excluding hydrogens is 218 g/mol. The zero-order valence-corrected chi connectivity index (χ0v) is 9.76. The van der Waals surface area contributed by atoms with Gasteiger partial charge in [-0.05, 0) is 11.6 Å². The summed E-state index contributed by atoms with van der Waals surface area (Å²) in [6, 6.07) is 3.92. The fraction of sp³-hybridized carbons (Fsp3) is 0.500. The van der Waals surface area contributed by atoms with Crippen molar-refractivity contribution < 1.29 is 9.53 Å². The Morgan fingerprint density at radius 2 is 2.47 bits per heavy atom. The molecule has 92 valence electrons. The second-order valence-electron chi connectivity index (χ2n) is 4.02. The highest BCUT2D eigenvalue weighted by molar-refractivity contribution is 5.77. The van der Waals surface area contributed by atoms with Crippen molar-refractivity contribution in [2.24, 2.45) is 5.73 Å². The van der Waals surface area contributed by atoms with Gasteiger partial charge in [-0.25, -0.2) is 0 Å². The Kier molecular flexibility index (Phi) is 4.06. The minimum Gasteiger partial charge on any atom is -0.370 e. The SMILES string of the molecule is NCCOCC(=O)N1CCc2ncccc2C1. The Labute approximate surface area is 101 Å². The van der Waals surface area contributed by atoms with E-state index in [-0.39, 0.29) is 12.5 Å². The van der Waals surface area contributed by atoms with Gasteiger partial charge in [0.15, 0.2) is 0 Å². The summed E-state index contributed by atoms with van der Waals surface area (Å²) < 4.78 is 5.15. The highest BCUT2D eigenvalue weighted by atomic mass is 16.5. The molecule has 1 aromatic rings. The molecule has 0 unspecified atom stereocenters. The average Bonchev–Trinajstić information content (AvgIpc) is 2.38. The van der Waals surface area contributed by atoms with E-state index in [2.05, 4.69) is 4.98 Å². The normalized spacial score (nSPS) is 14.5. The van der Waals surface area contributed by atoms with Crippen molar-refractivity contribution in [2.75, 3.05) is 26.3 Å². The predicted molar refractivity (Wildman–Crippen MR) is 63.2 cm³/mol. The van der Waals surface area contributed by atoms with Crippen LogP contribution < -0.4 is 5.73 Å². The average molecular weight is 235 g/mol. The van der Waals surface area contributed by atoms with E-state index in [0.29, 0.717) is 19.7 Å². The molecule has 0 atom stereocenters. The highest BCUT2D eigenvalue weighted by Crippen LogP contribution is 2.16. The number of nitrogens with two attached hydrogens (primary N) is 1. The number of carbonyl (C=O) groups excluding carboxylic acids is 1. The third-order valence-electron chi connectivity index (χ3n) is 2.80. The van der Waals surface area contributed by atoms with Gasteiger partial charge in [0.25, 0.3) is 0 Å². The van der Waals surface area contributed by atoms with E-state index in [9.17, 15) is 4.79 Å². The van der Waals surface area contributed by atoms with Crippen LogP contribution in [0, 0.1) is 0 Å². The van der Waals surface area contributed by atoms with Crippen molar-refractivity contribution in [3.63, 3.8) is 0 Å². The maximum absolute atomic E-state index is 11.8. The zero-order valence-electron chi connectivity index (χ0n) is 9.76. The molecule has 0 spiro atoms. The number of amides is 1. The number of nitrogens with zero attached hydrogens (tertiary/aromatic N) is 2. The second kappa shape index (κ2) is 5.75. The number of hydrogen-bond donors (Lipinski definition) is 1. The molecule has 0 aromatic carbocycles. The lowest BCUT2D eigenvalue weighted by Crippen LogP contribution is -2.38. The number of rotatable bonds is 4. The van der Waals surface area contributed by atoms with Crippen LogP contribution in [-0.2, 0) is 22.5 Å². The first kappa shape index (κ1) is 12.0. The van der Waals surface area contributed by atoms with Gasteiger partial charge < -0.3 is 15.4 Å². The lowest BCUT2D eigenvalue weighted by Gasteiger charge is -2.28. The summed E-state index contributed by atoms with van der Waals surface area (Å²) >= 11 is 0. The van der Waals surface area contributed by atoms with Crippen molar-refractivity contribution in [2.45, 2.75) is 13.0 Å². The molecule has 2 N–H and O–H groups in total. The molecule has 0 saturated heterocycles. The molecule has 0 saturated carbocycles. The van der Waals surface area contributed by atoms with Crippen LogP contribution in [0.2, 0.25) is 0 Å². The van der Waals surface area contributed by atoms with Gasteiger partial charge in [0, 0.05) is 37.9 Å². The topological polar surface area (TPSA) is 68.5 Å². The third kappa shape index (κ3) is 3.01. The first-order valence-corrected chi connectivity index (χ1v) is 5.79. The molecule has 0 bridgehead atoms. The van der Waals surface area contributed by atoms with Crippen molar-refractivity contribution in [3.05, 3.63) is 29.6 Å². The van der Waals surface area contributed by atoms with Gasteiger partial charge in [-0.15, -0.1) is 0 Å². The van der Waals surface area contributed by atoms with Crippen LogP contribution in [-0.4, -0.2) is 42.1 Å². The molecule has 1 aromatic heterocycles. The molecule has 5 nitrogen and oxygen atoms in total. The van der Waals surface area contributed by atoms with Crippen LogP contribution in [0.3, 0.4) is 0 Å². The molecule has 0 radical (unpaired) electrons. The minimum absolute atomic E-state index is 0.0213. The Balaban J connectivity index is 1.91. The fourth-order valence-corrected chi connectivity index (χ4v) is 1.91. The van der Waals surface area contributed by atoms with Gasteiger partial charge >= 0.3 is 0 Å². The van der Waals surface area contributed by atoms with Crippen LogP contribution in [0.15, 0.2) is 18.3 Å². The number of fused-ring (bicyclic) bond motifs is 1. The van der Waals surface area contributed by atoms with Crippen molar-refractivity contribution in [1.82, 2.24) is 9.88 Å².